The highest BCUT2D eigenvalue weighted by Gasteiger charge is 2.11. The Morgan fingerprint density at radius 3 is 2.87 bits per heavy atom. The number of carboxylic acid groups (broad SMARTS) is 1. The summed E-state index contributed by atoms with van der Waals surface area (Å²) in [5, 5.41) is 8.52. The average molecular weight is 213 g/mol. The minimum Gasteiger partial charge on any atom is -0.478 e. The van der Waals surface area contributed by atoms with E-state index in [2.05, 4.69) is 0 Å². The highest BCUT2D eigenvalue weighted by Crippen LogP contribution is 1.88. The number of imidazole rings is 1. The minimum absolute atomic E-state index is 0.0977. The fourth-order valence-corrected chi connectivity index (χ4v) is 1.14. The smallest absolute Gasteiger partial charge is 0.348 e. The zero-order valence-electron chi connectivity index (χ0n) is 8.42. The molecule has 15 heavy (non-hydrogen) atoms. The third-order valence-corrected chi connectivity index (χ3v) is 1.68. The summed E-state index contributed by atoms with van der Waals surface area (Å²) < 4.78 is 7.79. The van der Waals surface area contributed by atoms with E-state index in [9.17, 15) is 9.59 Å². The van der Waals surface area contributed by atoms with Gasteiger partial charge >= 0.3 is 11.9 Å². The molecule has 1 heterocycles. The summed E-state index contributed by atoms with van der Waals surface area (Å²) in [6.45, 7) is 2.06. The second-order valence-electron chi connectivity index (χ2n) is 2.96. The van der Waals surface area contributed by atoms with Crippen LogP contribution < -0.4 is 4.57 Å². The average Bonchev–Trinajstić information content (AvgIpc) is 2.51. The van der Waals surface area contributed by atoms with E-state index in [0.717, 1.165) is 0 Å². The number of rotatable bonds is 5. The lowest BCUT2D eigenvalue weighted by molar-refractivity contribution is -0.685. The van der Waals surface area contributed by atoms with Gasteiger partial charge in [-0.05, 0) is 6.92 Å². The SMILES string of the molecule is CCOC(=O)Cn1cc[n+](CC(=O)O)c1. The normalized spacial score (nSPS) is 9.93. The summed E-state index contributed by atoms with van der Waals surface area (Å²) in [6.07, 6.45) is 4.76. The molecule has 0 aliphatic carbocycles. The number of hydrogen-bond donors (Lipinski definition) is 1. The van der Waals surface area contributed by atoms with Crippen molar-refractivity contribution >= 4 is 11.9 Å². The molecule has 0 amide bonds. The van der Waals surface area contributed by atoms with Crippen molar-refractivity contribution in [3.05, 3.63) is 18.7 Å². The van der Waals surface area contributed by atoms with Gasteiger partial charge in [0.15, 0.2) is 13.1 Å². The van der Waals surface area contributed by atoms with E-state index in [1.807, 2.05) is 0 Å². The summed E-state index contributed by atoms with van der Waals surface area (Å²) in [5.41, 5.74) is 0. The van der Waals surface area contributed by atoms with Crippen molar-refractivity contribution in [1.82, 2.24) is 4.57 Å². The lowest BCUT2D eigenvalue weighted by Gasteiger charge is -1.97. The molecular formula is C9H13N2O4+. The molecule has 0 bridgehead atoms. The van der Waals surface area contributed by atoms with Crippen molar-refractivity contribution in [3.63, 3.8) is 0 Å². The van der Waals surface area contributed by atoms with Gasteiger partial charge in [0.05, 0.1) is 6.61 Å². The number of carbonyl (C=O) groups is 2. The zero-order valence-corrected chi connectivity index (χ0v) is 8.42. The van der Waals surface area contributed by atoms with Gasteiger partial charge in [0.25, 0.3) is 0 Å². The third-order valence-electron chi connectivity index (χ3n) is 1.68. The molecule has 1 aromatic heterocycles. The molecule has 0 fully saturated rings. The van der Waals surface area contributed by atoms with E-state index in [1.54, 1.807) is 30.2 Å². The van der Waals surface area contributed by atoms with Crippen LogP contribution in [0.15, 0.2) is 18.7 Å². The highest BCUT2D eigenvalue weighted by atomic mass is 16.5. The number of carboxylic acids is 1. The first-order chi connectivity index (χ1) is 7.11. The van der Waals surface area contributed by atoms with Crippen LogP contribution in [-0.2, 0) is 27.4 Å². The topological polar surface area (TPSA) is 72.4 Å². The zero-order chi connectivity index (χ0) is 11.3. The van der Waals surface area contributed by atoms with Crippen LogP contribution in [0.25, 0.3) is 0 Å². The Bertz CT molecular complexity index is 359. The molecule has 6 heteroatoms. The van der Waals surface area contributed by atoms with E-state index >= 15 is 0 Å². The molecule has 0 aliphatic rings. The first kappa shape index (κ1) is 11.2. The van der Waals surface area contributed by atoms with Crippen molar-refractivity contribution in [2.24, 2.45) is 0 Å². The lowest BCUT2D eigenvalue weighted by Crippen LogP contribution is -2.35. The van der Waals surface area contributed by atoms with Gasteiger partial charge in [-0.3, -0.25) is 0 Å². The molecule has 0 spiro atoms. The van der Waals surface area contributed by atoms with Crippen molar-refractivity contribution < 1.29 is 24.0 Å². The molecule has 1 N–H and O–H groups in total. The Kier molecular flexibility index (Phi) is 3.84. The molecule has 0 atom stereocenters. The van der Waals surface area contributed by atoms with Gasteiger partial charge in [0.2, 0.25) is 6.33 Å². The van der Waals surface area contributed by atoms with Crippen LogP contribution in [0.1, 0.15) is 6.92 Å². The number of aromatic nitrogens is 2. The quantitative estimate of drug-likeness (QED) is 0.525. The standard InChI is InChI=1S/C9H12N2O4/c1-2-15-9(14)6-11-4-3-10(7-11)5-8(12)13/h3-4,7H,2,5-6H2,1H3/p+1. The Labute approximate surface area is 86.7 Å². The van der Waals surface area contributed by atoms with E-state index < -0.39 is 5.97 Å². The van der Waals surface area contributed by atoms with Crippen LogP contribution in [0, 0.1) is 0 Å². The molecular weight excluding hydrogens is 200 g/mol. The van der Waals surface area contributed by atoms with Gasteiger partial charge in [-0.15, -0.1) is 0 Å². The summed E-state index contributed by atoms with van der Waals surface area (Å²) in [7, 11) is 0. The van der Waals surface area contributed by atoms with E-state index in [0.29, 0.717) is 6.61 Å². The predicted octanol–water partition coefficient (Wildman–Crippen LogP) is -0.577. The maximum atomic E-state index is 11.1. The number of nitrogens with zero attached hydrogens (tertiary/aromatic N) is 2. The van der Waals surface area contributed by atoms with Crippen molar-refractivity contribution in [1.29, 1.82) is 0 Å². The van der Waals surface area contributed by atoms with Crippen LogP contribution in [0.5, 0.6) is 0 Å². The third kappa shape index (κ3) is 3.80. The van der Waals surface area contributed by atoms with Crippen molar-refractivity contribution in [2.45, 2.75) is 20.0 Å². The van der Waals surface area contributed by atoms with Gasteiger partial charge in [0, 0.05) is 0 Å². The molecule has 0 saturated carbocycles. The fraction of sp³-hybridized carbons (Fsp3) is 0.444. The number of aliphatic carboxylic acids is 1. The fourth-order valence-electron chi connectivity index (χ4n) is 1.14. The second kappa shape index (κ2) is 5.14. The molecule has 0 saturated heterocycles. The Morgan fingerprint density at radius 2 is 2.27 bits per heavy atom. The number of hydrogen-bond acceptors (Lipinski definition) is 3. The maximum Gasteiger partial charge on any atom is 0.348 e. The Morgan fingerprint density at radius 1 is 1.53 bits per heavy atom. The van der Waals surface area contributed by atoms with Crippen LogP contribution in [0.2, 0.25) is 0 Å². The summed E-state index contributed by atoms with van der Waals surface area (Å²) >= 11 is 0. The molecule has 0 aromatic carbocycles. The Balaban J connectivity index is 2.52. The van der Waals surface area contributed by atoms with Crippen LogP contribution >= 0.6 is 0 Å². The molecule has 0 aliphatic heterocycles. The first-order valence-electron chi connectivity index (χ1n) is 4.54. The largest absolute Gasteiger partial charge is 0.478 e. The van der Waals surface area contributed by atoms with Crippen LogP contribution in [0.4, 0.5) is 0 Å². The van der Waals surface area contributed by atoms with Gasteiger partial charge in [0.1, 0.15) is 12.4 Å². The van der Waals surface area contributed by atoms with Crippen LogP contribution in [0.3, 0.4) is 0 Å². The molecule has 6 nitrogen and oxygen atoms in total. The lowest BCUT2D eigenvalue weighted by atomic mass is 10.6. The highest BCUT2D eigenvalue weighted by molar-refractivity contribution is 5.69. The second-order valence-corrected chi connectivity index (χ2v) is 2.96. The maximum absolute atomic E-state index is 11.1. The minimum atomic E-state index is -0.922. The number of ether oxygens (including phenoxy) is 1. The molecule has 1 rings (SSSR count). The molecule has 82 valence electrons. The number of carbonyl (C=O) groups excluding carboxylic acids is 1. The van der Waals surface area contributed by atoms with Crippen LogP contribution in [-0.4, -0.2) is 28.2 Å². The van der Waals surface area contributed by atoms with Gasteiger partial charge in [-0.2, -0.15) is 0 Å². The number of esters is 1. The predicted molar refractivity (Wildman–Crippen MR) is 48.9 cm³/mol. The van der Waals surface area contributed by atoms with Crippen molar-refractivity contribution in [2.75, 3.05) is 6.61 Å². The summed E-state index contributed by atoms with van der Waals surface area (Å²) in [5.74, 6) is -1.26. The monoisotopic (exact) mass is 213 g/mol. The molecule has 1 aromatic rings. The van der Waals surface area contributed by atoms with E-state index in [-0.39, 0.29) is 19.1 Å². The van der Waals surface area contributed by atoms with E-state index in [4.69, 9.17) is 9.84 Å². The van der Waals surface area contributed by atoms with E-state index in [1.165, 1.54) is 4.57 Å². The molecule has 0 unspecified atom stereocenters. The van der Waals surface area contributed by atoms with Gasteiger partial charge in [-0.25, -0.2) is 18.7 Å². The molecule has 0 radical (unpaired) electrons. The first-order valence-corrected chi connectivity index (χ1v) is 4.54. The van der Waals surface area contributed by atoms with Gasteiger partial charge < -0.3 is 9.84 Å². The van der Waals surface area contributed by atoms with Crippen molar-refractivity contribution in [3.8, 4) is 0 Å². The summed E-state index contributed by atoms with van der Waals surface area (Å²) in [6, 6.07) is 0. The van der Waals surface area contributed by atoms with Gasteiger partial charge in [-0.1, -0.05) is 0 Å². The summed E-state index contributed by atoms with van der Waals surface area (Å²) in [4.78, 5) is 21.5. The Hall–Kier alpha value is -1.85.